The van der Waals surface area contributed by atoms with Crippen molar-refractivity contribution in [2.24, 2.45) is 22.9 Å². The number of ether oxygens (including phenoxy) is 4. The van der Waals surface area contributed by atoms with Gasteiger partial charge in [-0.2, -0.15) is 0 Å². The van der Waals surface area contributed by atoms with Crippen molar-refractivity contribution in [2.45, 2.75) is 114 Å². The van der Waals surface area contributed by atoms with Crippen LogP contribution in [0.25, 0.3) is 0 Å². The van der Waals surface area contributed by atoms with Gasteiger partial charge in [0.05, 0.1) is 24.8 Å². The Morgan fingerprint density at radius 2 is 1.71 bits per heavy atom. The van der Waals surface area contributed by atoms with Gasteiger partial charge in [0.15, 0.2) is 0 Å². The average molecular weight is 683 g/mol. The maximum atomic E-state index is 13.1. The Morgan fingerprint density at radius 1 is 0.959 bits per heavy atom. The first-order valence-electron chi connectivity index (χ1n) is 18.2. The Morgan fingerprint density at radius 3 is 2.45 bits per heavy atom. The van der Waals surface area contributed by atoms with E-state index in [-0.39, 0.29) is 43.1 Å². The highest BCUT2D eigenvalue weighted by molar-refractivity contribution is 6.02. The summed E-state index contributed by atoms with van der Waals surface area (Å²) in [6, 6.07) is 4.25. The molecule has 8 unspecified atom stereocenters. The minimum absolute atomic E-state index is 0.0414. The van der Waals surface area contributed by atoms with E-state index in [0.29, 0.717) is 43.4 Å². The number of aliphatic hydroxyl groups excluding tert-OH is 2. The van der Waals surface area contributed by atoms with Crippen molar-refractivity contribution < 1.29 is 44.2 Å². The van der Waals surface area contributed by atoms with Gasteiger partial charge in [0.1, 0.15) is 23.7 Å². The van der Waals surface area contributed by atoms with Crippen LogP contribution in [0.4, 0.5) is 0 Å². The van der Waals surface area contributed by atoms with Gasteiger partial charge in [-0.3, -0.25) is 0 Å². The molecule has 13 heteroatoms. The summed E-state index contributed by atoms with van der Waals surface area (Å²) in [5.41, 5.74) is 2.34. The van der Waals surface area contributed by atoms with Crippen molar-refractivity contribution >= 4 is 5.71 Å². The number of unbranched alkanes of at least 4 members (excludes halogenated alkanes) is 2. The molecule has 1 aromatic heterocycles. The van der Waals surface area contributed by atoms with E-state index in [4.69, 9.17) is 28.9 Å². The lowest BCUT2D eigenvalue weighted by molar-refractivity contribution is -0.227. The Labute approximate surface area is 286 Å². The van der Waals surface area contributed by atoms with Crippen LogP contribution in [0.2, 0.25) is 0 Å². The molecule has 4 heterocycles. The molecule has 49 heavy (non-hydrogen) atoms. The lowest BCUT2D eigenvalue weighted by Crippen LogP contribution is -2.62. The molecule has 3 fully saturated rings. The average Bonchev–Trinajstić information content (AvgIpc) is 3.57. The maximum absolute atomic E-state index is 13.1. The van der Waals surface area contributed by atoms with E-state index in [2.05, 4.69) is 16.4 Å². The number of oxime groups is 1. The first kappa shape index (κ1) is 34.2. The smallest absolute Gasteiger partial charge is 0.238 e. The van der Waals surface area contributed by atoms with Crippen LogP contribution in [0.15, 0.2) is 41.2 Å². The van der Waals surface area contributed by atoms with Crippen molar-refractivity contribution in [3.05, 3.63) is 41.6 Å². The van der Waals surface area contributed by atoms with E-state index in [1.807, 2.05) is 0 Å². The highest BCUT2D eigenvalue weighted by Gasteiger charge is 2.63. The quantitative estimate of drug-likeness (QED) is 0.170. The zero-order chi connectivity index (χ0) is 33.8. The van der Waals surface area contributed by atoms with E-state index in [0.717, 1.165) is 75.3 Å². The number of hydrogen-bond acceptors (Lipinski definition) is 12. The third-order valence-electron chi connectivity index (χ3n) is 10.9. The monoisotopic (exact) mass is 682 g/mol. The van der Waals surface area contributed by atoms with E-state index >= 15 is 0 Å². The molecule has 0 radical (unpaired) electrons. The summed E-state index contributed by atoms with van der Waals surface area (Å²) in [6.45, 7) is 1.44. The standard InChI is InChI=1S/C36H50N4O9/c41-15-5-1-9-23-19-26-28(38-49-33-12-4-8-18-46-33)21-30(40-31(22-37-39-40)47-32-11-3-7-17-45-32)36(44)35(26)34(25(23)10-2-6-16-42)27-20-24(43)13-14-29(27)48-36/h13-14,19-20,22-23,25,30,32-35,41-44H,1-12,15-18,21H2. The molecule has 1 aromatic carbocycles. The van der Waals surface area contributed by atoms with Gasteiger partial charge in [0.25, 0.3) is 0 Å². The predicted octanol–water partition coefficient (Wildman–Crippen LogP) is 4.71. The first-order valence-corrected chi connectivity index (χ1v) is 18.2. The summed E-state index contributed by atoms with van der Waals surface area (Å²) in [4.78, 5) is 6.08. The largest absolute Gasteiger partial charge is 0.508 e. The molecule has 268 valence electrons. The molecular formula is C36H50N4O9. The number of fused-ring (bicyclic) bond motifs is 2. The summed E-state index contributed by atoms with van der Waals surface area (Å²) < 4.78 is 26.3. The molecule has 4 N–H and O–H groups in total. The van der Waals surface area contributed by atoms with Gasteiger partial charge in [-0.1, -0.05) is 29.3 Å². The van der Waals surface area contributed by atoms with Gasteiger partial charge < -0.3 is 44.2 Å². The van der Waals surface area contributed by atoms with Crippen LogP contribution in [0.3, 0.4) is 0 Å². The summed E-state index contributed by atoms with van der Waals surface area (Å²) in [6.07, 6.45) is 13.1. The highest BCUT2D eigenvalue weighted by Crippen LogP contribution is 2.62. The number of nitrogens with zero attached hydrogens (tertiary/aromatic N) is 4. The number of aromatic hydroxyl groups is 1. The van der Waals surface area contributed by atoms with Crippen molar-refractivity contribution in [1.29, 1.82) is 0 Å². The molecule has 3 aliphatic heterocycles. The molecular weight excluding hydrogens is 632 g/mol. The van der Waals surface area contributed by atoms with Crippen molar-refractivity contribution in [3.63, 3.8) is 0 Å². The third-order valence-corrected chi connectivity index (χ3v) is 10.9. The fraction of sp³-hybridized carbons (Fsp3) is 0.694. The SMILES string of the molecule is OCCCCC1C=C2C(=NOC3CCCCO3)CC(n3nncc3OC3CCCCO3)C3(O)Oc4ccc(O)cc4C(C1CCCCO)C23. The molecule has 0 spiro atoms. The summed E-state index contributed by atoms with van der Waals surface area (Å²) in [5.74, 6) is -1.57. The van der Waals surface area contributed by atoms with Crippen LogP contribution in [-0.4, -0.2) is 85.9 Å². The van der Waals surface area contributed by atoms with E-state index < -0.39 is 30.3 Å². The molecule has 2 saturated heterocycles. The summed E-state index contributed by atoms with van der Waals surface area (Å²) >= 11 is 0. The minimum Gasteiger partial charge on any atom is -0.508 e. The first-order chi connectivity index (χ1) is 24.0. The van der Waals surface area contributed by atoms with Gasteiger partial charge in [0.2, 0.25) is 24.2 Å². The second-order valence-corrected chi connectivity index (χ2v) is 14.1. The van der Waals surface area contributed by atoms with Gasteiger partial charge in [-0.25, -0.2) is 4.68 Å². The Balaban J connectivity index is 1.35. The molecule has 2 aliphatic carbocycles. The maximum Gasteiger partial charge on any atom is 0.238 e. The summed E-state index contributed by atoms with van der Waals surface area (Å²) in [5, 5.41) is 56.6. The number of aliphatic hydroxyl groups is 3. The zero-order valence-corrected chi connectivity index (χ0v) is 28.1. The number of phenols is 1. The van der Waals surface area contributed by atoms with Crippen LogP contribution >= 0.6 is 0 Å². The molecule has 1 saturated carbocycles. The normalized spacial score (nSPS) is 33.2. The lowest BCUT2D eigenvalue weighted by atomic mass is 9.55. The van der Waals surface area contributed by atoms with Gasteiger partial charge in [0, 0.05) is 44.0 Å². The second-order valence-electron chi connectivity index (χ2n) is 14.1. The molecule has 0 amide bonds. The molecule has 5 aliphatic rings. The number of benzene rings is 1. The van der Waals surface area contributed by atoms with Gasteiger partial charge in [-0.15, -0.1) is 5.10 Å². The third kappa shape index (κ3) is 7.05. The number of hydrogen-bond donors (Lipinski definition) is 4. The molecule has 0 bridgehead atoms. The Kier molecular flexibility index (Phi) is 10.7. The molecule has 13 nitrogen and oxygen atoms in total. The van der Waals surface area contributed by atoms with Crippen molar-refractivity contribution in [3.8, 4) is 17.4 Å². The zero-order valence-electron chi connectivity index (χ0n) is 28.1. The predicted molar refractivity (Wildman–Crippen MR) is 177 cm³/mol. The second kappa shape index (κ2) is 15.3. The van der Waals surface area contributed by atoms with Crippen LogP contribution < -0.4 is 9.47 Å². The number of phenolic OH excluding ortho intramolecular Hbond substituents is 1. The van der Waals surface area contributed by atoms with Crippen molar-refractivity contribution in [1.82, 2.24) is 15.0 Å². The minimum atomic E-state index is -1.80. The fourth-order valence-corrected chi connectivity index (χ4v) is 8.60. The van der Waals surface area contributed by atoms with E-state index in [9.17, 15) is 20.4 Å². The number of allylic oxidation sites excluding steroid dienone is 1. The van der Waals surface area contributed by atoms with Gasteiger partial charge >= 0.3 is 0 Å². The van der Waals surface area contributed by atoms with Crippen molar-refractivity contribution in [2.75, 3.05) is 26.4 Å². The molecule has 8 atom stereocenters. The van der Waals surface area contributed by atoms with Crippen LogP contribution in [-0.2, 0) is 14.3 Å². The number of rotatable bonds is 13. The number of aromatic nitrogens is 3. The van der Waals surface area contributed by atoms with Gasteiger partial charge in [-0.05, 0) is 87.0 Å². The fourth-order valence-electron chi connectivity index (χ4n) is 8.60. The summed E-state index contributed by atoms with van der Waals surface area (Å²) in [7, 11) is 0. The Bertz CT molecular complexity index is 1470. The highest BCUT2D eigenvalue weighted by atomic mass is 16.8. The Hall–Kier alpha value is -3.23. The van der Waals surface area contributed by atoms with Crippen LogP contribution in [0.1, 0.15) is 101 Å². The van der Waals surface area contributed by atoms with E-state index in [1.54, 1.807) is 22.9 Å². The van der Waals surface area contributed by atoms with E-state index in [1.165, 1.54) is 6.20 Å². The topological polar surface area (TPSA) is 170 Å². The molecule has 2 aromatic rings. The van der Waals surface area contributed by atoms with Crippen LogP contribution in [0, 0.1) is 17.8 Å². The molecule has 7 rings (SSSR count). The van der Waals surface area contributed by atoms with Crippen LogP contribution in [0.5, 0.6) is 17.4 Å². The lowest BCUT2D eigenvalue weighted by Gasteiger charge is -2.56.